The number of nitrogens with zero attached hydrogens (tertiary/aromatic N) is 2. The molecule has 0 aliphatic heterocycles. The molecule has 0 saturated heterocycles. The van der Waals surface area contributed by atoms with Crippen LogP contribution in [0.15, 0.2) is 36.7 Å². The van der Waals surface area contributed by atoms with E-state index in [0.29, 0.717) is 11.4 Å². The molecular formula is C14H12FN3O. The first-order chi connectivity index (χ1) is 9.26. The van der Waals surface area contributed by atoms with Gasteiger partial charge in [-0.05, 0) is 18.2 Å². The Labute approximate surface area is 110 Å². The van der Waals surface area contributed by atoms with Crippen molar-refractivity contribution in [2.45, 2.75) is 0 Å². The fraction of sp³-hybridized carbons (Fsp3) is 0.143. The molecule has 1 aromatic heterocycles. The van der Waals surface area contributed by atoms with Gasteiger partial charge in [0.1, 0.15) is 18.1 Å². The van der Waals surface area contributed by atoms with Crippen molar-refractivity contribution in [1.82, 2.24) is 4.98 Å². The number of benzene rings is 1. The molecular weight excluding hydrogens is 245 g/mol. The lowest BCUT2D eigenvalue weighted by atomic mass is 10.0. The van der Waals surface area contributed by atoms with Crippen molar-refractivity contribution in [3.05, 3.63) is 42.5 Å². The van der Waals surface area contributed by atoms with Gasteiger partial charge in [0.15, 0.2) is 0 Å². The molecule has 0 unspecified atom stereocenters. The number of anilines is 1. The van der Waals surface area contributed by atoms with Crippen LogP contribution in [0.1, 0.15) is 0 Å². The number of hydrogen-bond acceptors (Lipinski definition) is 4. The lowest BCUT2D eigenvalue weighted by molar-refractivity contribution is 0.413. The van der Waals surface area contributed by atoms with Crippen molar-refractivity contribution in [3.8, 4) is 22.9 Å². The van der Waals surface area contributed by atoms with Crippen molar-refractivity contribution in [2.75, 3.05) is 19.0 Å². The minimum atomic E-state index is -0.360. The highest BCUT2D eigenvalue weighted by Crippen LogP contribution is 2.34. The summed E-state index contributed by atoms with van der Waals surface area (Å²) < 4.78 is 18.4. The summed E-state index contributed by atoms with van der Waals surface area (Å²) in [4.78, 5) is 4.01. The molecule has 0 bridgehead atoms. The third kappa shape index (κ3) is 2.80. The van der Waals surface area contributed by atoms with Crippen LogP contribution in [-0.4, -0.2) is 18.6 Å². The van der Waals surface area contributed by atoms with Gasteiger partial charge in [-0.3, -0.25) is 4.98 Å². The van der Waals surface area contributed by atoms with Crippen LogP contribution < -0.4 is 10.1 Å². The molecule has 4 nitrogen and oxygen atoms in total. The molecule has 0 spiro atoms. The normalized spacial score (nSPS) is 9.74. The second-order valence-corrected chi connectivity index (χ2v) is 3.78. The SMILES string of the molecule is COc1cc(F)ccc1-c1ccncc1NCC#N. The Morgan fingerprint density at radius 1 is 1.37 bits per heavy atom. The van der Waals surface area contributed by atoms with Crippen LogP contribution in [0.25, 0.3) is 11.1 Å². The van der Waals surface area contributed by atoms with E-state index in [1.54, 1.807) is 24.5 Å². The third-order valence-electron chi connectivity index (χ3n) is 2.63. The molecule has 5 heteroatoms. The number of halogens is 1. The molecule has 2 aromatic rings. The summed E-state index contributed by atoms with van der Waals surface area (Å²) in [5, 5.41) is 11.6. The van der Waals surface area contributed by atoms with Crippen molar-refractivity contribution in [2.24, 2.45) is 0 Å². The first-order valence-electron chi connectivity index (χ1n) is 5.65. The number of aromatic nitrogens is 1. The molecule has 1 aromatic carbocycles. The van der Waals surface area contributed by atoms with Crippen LogP contribution in [0.3, 0.4) is 0 Å². The van der Waals surface area contributed by atoms with Crippen LogP contribution in [0, 0.1) is 17.1 Å². The first kappa shape index (κ1) is 12.8. The van der Waals surface area contributed by atoms with Gasteiger partial charge in [-0.15, -0.1) is 0 Å². The van der Waals surface area contributed by atoms with Crippen molar-refractivity contribution in [1.29, 1.82) is 5.26 Å². The fourth-order valence-corrected chi connectivity index (χ4v) is 1.79. The zero-order valence-corrected chi connectivity index (χ0v) is 10.4. The number of ether oxygens (including phenoxy) is 1. The Bertz CT molecular complexity index is 622. The molecule has 0 amide bonds. The summed E-state index contributed by atoms with van der Waals surface area (Å²) in [7, 11) is 1.49. The molecule has 1 N–H and O–H groups in total. The fourth-order valence-electron chi connectivity index (χ4n) is 1.79. The zero-order chi connectivity index (χ0) is 13.7. The lowest BCUT2D eigenvalue weighted by Gasteiger charge is -2.12. The predicted molar refractivity (Wildman–Crippen MR) is 70.3 cm³/mol. The number of nitriles is 1. The van der Waals surface area contributed by atoms with Gasteiger partial charge in [0.2, 0.25) is 0 Å². The Morgan fingerprint density at radius 3 is 2.95 bits per heavy atom. The van der Waals surface area contributed by atoms with Gasteiger partial charge in [-0.1, -0.05) is 0 Å². The molecule has 0 saturated carbocycles. The van der Waals surface area contributed by atoms with Crippen molar-refractivity contribution in [3.63, 3.8) is 0 Å². The van der Waals surface area contributed by atoms with E-state index in [2.05, 4.69) is 10.3 Å². The third-order valence-corrected chi connectivity index (χ3v) is 2.63. The summed E-state index contributed by atoms with van der Waals surface area (Å²) in [6.07, 6.45) is 3.26. The lowest BCUT2D eigenvalue weighted by Crippen LogP contribution is -2.01. The summed E-state index contributed by atoms with van der Waals surface area (Å²) in [6, 6.07) is 8.12. The molecule has 2 rings (SSSR count). The van der Waals surface area contributed by atoms with Crippen LogP contribution in [-0.2, 0) is 0 Å². The van der Waals surface area contributed by atoms with Gasteiger partial charge in [0, 0.05) is 23.4 Å². The summed E-state index contributed by atoms with van der Waals surface area (Å²) in [5.41, 5.74) is 2.25. The molecule has 1 heterocycles. The first-order valence-corrected chi connectivity index (χ1v) is 5.65. The summed E-state index contributed by atoms with van der Waals surface area (Å²) in [5.74, 6) is 0.0763. The molecule has 0 radical (unpaired) electrons. The topological polar surface area (TPSA) is 57.9 Å². The maximum atomic E-state index is 13.2. The average Bonchev–Trinajstić information content (AvgIpc) is 2.45. The quantitative estimate of drug-likeness (QED) is 0.856. The highest BCUT2D eigenvalue weighted by Gasteiger charge is 2.11. The molecule has 0 aliphatic rings. The van der Waals surface area contributed by atoms with Crippen molar-refractivity contribution >= 4 is 5.69 Å². The number of hydrogen-bond donors (Lipinski definition) is 1. The highest BCUT2D eigenvalue weighted by atomic mass is 19.1. The van der Waals surface area contributed by atoms with E-state index in [9.17, 15) is 4.39 Å². The maximum Gasteiger partial charge on any atom is 0.129 e. The predicted octanol–water partition coefficient (Wildman–Crippen LogP) is 2.83. The Balaban J connectivity index is 2.50. The van der Waals surface area contributed by atoms with Crippen LogP contribution in [0.4, 0.5) is 10.1 Å². The number of rotatable bonds is 4. The monoisotopic (exact) mass is 257 g/mol. The molecule has 96 valence electrons. The minimum absolute atomic E-state index is 0.169. The zero-order valence-electron chi connectivity index (χ0n) is 10.4. The van der Waals surface area contributed by atoms with Crippen LogP contribution in [0.5, 0.6) is 5.75 Å². The summed E-state index contributed by atoms with van der Waals surface area (Å²) >= 11 is 0. The van der Waals surface area contributed by atoms with Crippen LogP contribution in [0.2, 0.25) is 0 Å². The Kier molecular flexibility index (Phi) is 3.94. The Morgan fingerprint density at radius 2 is 2.21 bits per heavy atom. The van der Waals surface area contributed by atoms with E-state index >= 15 is 0 Å². The molecule has 0 aliphatic carbocycles. The van der Waals surface area contributed by atoms with E-state index in [-0.39, 0.29) is 12.4 Å². The second kappa shape index (κ2) is 5.83. The van der Waals surface area contributed by atoms with Crippen molar-refractivity contribution < 1.29 is 9.13 Å². The van der Waals surface area contributed by atoms with E-state index < -0.39 is 0 Å². The van der Waals surface area contributed by atoms with E-state index in [4.69, 9.17) is 10.00 Å². The smallest absolute Gasteiger partial charge is 0.129 e. The standard InChI is InChI=1S/C14H12FN3O/c1-19-14-8-10(15)2-3-12(14)11-4-6-17-9-13(11)18-7-5-16/h2-4,6,8-9,18H,7H2,1H3. The maximum absolute atomic E-state index is 13.2. The average molecular weight is 257 g/mol. The largest absolute Gasteiger partial charge is 0.496 e. The molecule has 0 atom stereocenters. The summed E-state index contributed by atoms with van der Waals surface area (Å²) in [6.45, 7) is 0.169. The second-order valence-electron chi connectivity index (χ2n) is 3.78. The van der Waals surface area contributed by atoms with Gasteiger partial charge in [-0.2, -0.15) is 5.26 Å². The molecule has 19 heavy (non-hydrogen) atoms. The van der Waals surface area contributed by atoms with E-state index in [1.807, 2.05) is 6.07 Å². The minimum Gasteiger partial charge on any atom is -0.496 e. The van der Waals surface area contributed by atoms with Gasteiger partial charge in [-0.25, -0.2) is 4.39 Å². The number of methoxy groups -OCH3 is 1. The van der Waals surface area contributed by atoms with Gasteiger partial charge < -0.3 is 10.1 Å². The van der Waals surface area contributed by atoms with Gasteiger partial charge in [0.05, 0.1) is 25.1 Å². The van der Waals surface area contributed by atoms with Gasteiger partial charge >= 0.3 is 0 Å². The van der Waals surface area contributed by atoms with Gasteiger partial charge in [0.25, 0.3) is 0 Å². The molecule has 0 fully saturated rings. The van der Waals surface area contributed by atoms with E-state index in [0.717, 1.165) is 11.1 Å². The van der Waals surface area contributed by atoms with Crippen LogP contribution >= 0.6 is 0 Å². The number of pyridine rings is 1. The Hall–Kier alpha value is -2.61. The van der Waals surface area contributed by atoms with E-state index in [1.165, 1.54) is 19.2 Å². The number of nitrogens with one attached hydrogen (secondary N) is 1. The highest BCUT2D eigenvalue weighted by molar-refractivity contribution is 5.81.